The monoisotopic (exact) mass is 257 g/mol. The van der Waals surface area contributed by atoms with Gasteiger partial charge in [0.1, 0.15) is 0 Å². The van der Waals surface area contributed by atoms with E-state index in [-0.39, 0.29) is 0 Å². The summed E-state index contributed by atoms with van der Waals surface area (Å²) in [7, 11) is 1.99. The summed E-state index contributed by atoms with van der Waals surface area (Å²) in [6.07, 6.45) is 4.32. The molecule has 3 heteroatoms. The first-order chi connectivity index (χ1) is 9.26. The summed E-state index contributed by atoms with van der Waals surface area (Å²) in [5.41, 5.74) is 3.82. The number of hydrogen-bond donors (Lipinski definition) is 1. The first kappa shape index (κ1) is 13.8. The molecule has 0 unspecified atom stereocenters. The highest BCUT2D eigenvalue weighted by atomic mass is 15.3. The maximum atomic E-state index is 4.74. The Morgan fingerprint density at radius 3 is 2.89 bits per heavy atom. The average Bonchev–Trinajstić information content (AvgIpc) is 2.77. The Balaban J connectivity index is 2.23. The van der Waals surface area contributed by atoms with Crippen molar-refractivity contribution in [2.75, 3.05) is 13.6 Å². The third-order valence-electron chi connectivity index (χ3n) is 3.37. The van der Waals surface area contributed by atoms with Gasteiger partial charge in [0, 0.05) is 18.4 Å². The lowest BCUT2D eigenvalue weighted by molar-refractivity contribution is 0.671. The zero-order valence-electron chi connectivity index (χ0n) is 12.1. The topological polar surface area (TPSA) is 29.9 Å². The zero-order chi connectivity index (χ0) is 13.7. The largest absolute Gasteiger partial charge is 0.319 e. The summed E-state index contributed by atoms with van der Waals surface area (Å²) >= 11 is 0. The molecule has 0 amide bonds. The number of nitrogens with one attached hydrogen (secondary N) is 1. The van der Waals surface area contributed by atoms with Gasteiger partial charge in [0.15, 0.2) is 0 Å². The second-order valence-electron chi connectivity index (χ2n) is 4.90. The summed E-state index contributed by atoms with van der Waals surface area (Å²) in [6, 6.07) is 8.49. The van der Waals surface area contributed by atoms with Crippen LogP contribution in [-0.4, -0.2) is 23.4 Å². The molecule has 0 spiro atoms. The number of allylic oxidation sites excluding steroid dienone is 1. The van der Waals surface area contributed by atoms with Gasteiger partial charge >= 0.3 is 0 Å². The van der Waals surface area contributed by atoms with Gasteiger partial charge in [-0.15, -0.1) is 0 Å². The fourth-order valence-electron chi connectivity index (χ4n) is 2.37. The quantitative estimate of drug-likeness (QED) is 0.636. The van der Waals surface area contributed by atoms with Crippen LogP contribution >= 0.6 is 0 Å². The van der Waals surface area contributed by atoms with Crippen LogP contribution in [0.1, 0.15) is 26.0 Å². The number of para-hydroxylation sites is 1. The normalized spacial score (nSPS) is 12.3. The Kier molecular flexibility index (Phi) is 4.74. The summed E-state index contributed by atoms with van der Waals surface area (Å²) < 4.78 is 2.09. The predicted molar refractivity (Wildman–Crippen MR) is 81.4 cm³/mol. The average molecular weight is 257 g/mol. The van der Waals surface area contributed by atoms with Gasteiger partial charge in [-0.2, -0.15) is 5.10 Å². The van der Waals surface area contributed by atoms with Crippen molar-refractivity contribution in [2.24, 2.45) is 0 Å². The van der Waals surface area contributed by atoms with Gasteiger partial charge in [0.25, 0.3) is 0 Å². The van der Waals surface area contributed by atoms with Crippen LogP contribution in [0.2, 0.25) is 0 Å². The van der Waals surface area contributed by atoms with Crippen LogP contribution in [0.5, 0.6) is 0 Å². The fraction of sp³-hybridized carbons (Fsp3) is 0.438. The van der Waals surface area contributed by atoms with Crippen LogP contribution in [0, 0.1) is 0 Å². The molecule has 0 bridgehead atoms. The van der Waals surface area contributed by atoms with Crippen molar-refractivity contribution in [3.8, 4) is 0 Å². The number of hydrogen-bond acceptors (Lipinski definition) is 2. The Hall–Kier alpha value is -1.61. The van der Waals surface area contributed by atoms with E-state index in [0.29, 0.717) is 0 Å². The number of aromatic nitrogens is 2. The van der Waals surface area contributed by atoms with E-state index in [2.05, 4.69) is 54.2 Å². The third-order valence-corrected chi connectivity index (χ3v) is 3.37. The van der Waals surface area contributed by atoms with Gasteiger partial charge < -0.3 is 5.32 Å². The van der Waals surface area contributed by atoms with Gasteiger partial charge in [-0.3, -0.25) is 4.68 Å². The van der Waals surface area contributed by atoms with Crippen LogP contribution in [0.3, 0.4) is 0 Å². The van der Waals surface area contributed by atoms with E-state index >= 15 is 0 Å². The molecule has 102 valence electrons. The minimum Gasteiger partial charge on any atom is -0.319 e. The van der Waals surface area contributed by atoms with Crippen molar-refractivity contribution in [3.63, 3.8) is 0 Å². The number of aryl methyl sites for hydroxylation is 1. The molecule has 19 heavy (non-hydrogen) atoms. The van der Waals surface area contributed by atoms with E-state index in [1.807, 2.05) is 7.05 Å². The molecule has 0 aliphatic heterocycles. The molecule has 0 atom stereocenters. The minimum absolute atomic E-state index is 0.920. The van der Waals surface area contributed by atoms with Crippen LogP contribution < -0.4 is 5.32 Å². The van der Waals surface area contributed by atoms with Gasteiger partial charge in [-0.05, 0) is 39.9 Å². The molecule has 1 aromatic heterocycles. The van der Waals surface area contributed by atoms with Crippen LogP contribution in [-0.2, 0) is 13.0 Å². The molecular formula is C16H23N3. The van der Waals surface area contributed by atoms with Crippen molar-refractivity contribution >= 4 is 10.9 Å². The number of fused-ring (bicyclic) bond motifs is 1. The van der Waals surface area contributed by atoms with Gasteiger partial charge in [0.2, 0.25) is 0 Å². The van der Waals surface area contributed by atoms with Crippen molar-refractivity contribution in [1.29, 1.82) is 0 Å². The van der Waals surface area contributed by atoms with E-state index in [9.17, 15) is 0 Å². The summed E-state index contributed by atoms with van der Waals surface area (Å²) in [5.74, 6) is 0. The molecular weight excluding hydrogens is 234 g/mol. The van der Waals surface area contributed by atoms with Crippen LogP contribution in [0.25, 0.3) is 10.9 Å². The summed E-state index contributed by atoms with van der Waals surface area (Å²) in [6.45, 7) is 6.28. The van der Waals surface area contributed by atoms with E-state index in [0.717, 1.165) is 25.9 Å². The van der Waals surface area contributed by atoms with Gasteiger partial charge in [0.05, 0.1) is 11.2 Å². The highest BCUT2D eigenvalue weighted by Crippen LogP contribution is 2.20. The Labute approximate surface area is 115 Å². The van der Waals surface area contributed by atoms with Gasteiger partial charge in [-0.25, -0.2) is 0 Å². The summed E-state index contributed by atoms with van der Waals surface area (Å²) in [4.78, 5) is 0. The van der Waals surface area contributed by atoms with E-state index in [4.69, 9.17) is 5.10 Å². The maximum absolute atomic E-state index is 4.74. The zero-order valence-corrected chi connectivity index (χ0v) is 12.1. The maximum Gasteiger partial charge on any atom is 0.0743 e. The SMILES string of the molecule is CCn1nc(CC(C)=CCCNC)c2ccccc21. The first-order valence-corrected chi connectivity index (χ1v) is 7.01. The lowest BCUT2D eigenvalue weighted by Crippen LogP contribution is -2.06. The molecule has 1 aromatic carbocycles. The van der Waals surface area contributed by atoms with Crippen LogP contribution in [0.4, 0.5) is 0 Å². The standard InChI is InChI=1S/C16H23N3/c1-4-19-16-10-6-5-9-14(16)15(18-19)12-13(2)8-7-11-17-3/h5-6,8-10,17H,4,7,11-12H2,1-3H3. The molecule has 2 aromatic rings. The van der Waals surface area contributed by atoms with E-state index in [1.165, 1.54) is 22.2 Å². The molecule has 3 nitrogen and oxygen atoms in total. The summed E-state index contributed by atoms with van der Waals surface area (Å²) in [5, 5.41) is 9.18. The molecule has 0 fully saturated rings. The lowest BCUT2D eigenvalue weighted by atomic mass is 10.1. The molecule has 0 saturated heterocycles. The molecule has 0 aliphatic rings. The van der Waals surface area contributed by atoms with Crippen molar-refractivity contribution < 1.29 is 0 Å². The first-order valence-electron chi connectivity index (χ1n) is 7.01. The van der Waals surface area contributed by atoms with Crippen molar-refractivity contribution in [3.05, 3.63) is 41.6 Å². The minimum atomic E-state index is 0.920. The number of nitrogens with zero attached hydrogens (tertiary/aromatic N) is 2. The lowest BCUT2D eigenvalue weighted by Gasteiger charge is -2.00. The van der Waals surface area contributed by atoms with Crippen molar-refractivity contribution in [2.45, 2.75) is 33.2 Å². The van der Waals surface area contributed by atoms with Crippen molar-refractivity contribution in [1.82, 2.24) is 15.1 Å². The van der Waals surface area contributed by atoms with Gasteiger partial charge in [-0.1, -0.05) is 29.8 Å². The molecule has 2 rings (SSSR count). The smallest absolute Gasteiger partial charge is 0.0743 e. The molecule has 0 aliphatic carbocycles. The number of rotatable bonds is 6. The highest BCUT2D eigenvalue weighted by molar-refractivity contribution is 5.82. The molecule has 0 saturated carbocycles. The molecule has 1 N–H and O–H groups in total. The second-order valence-corrected chi connectivity index (χ2v) is 4.90. The Bertz CT molecular complexity index is 566. The second kappa shape index (κ2) is 6.53. The third kappa shape index (κ3) is 3.24. The molecule has 0 radical (unpaired) electrons. The number of benzene rings is 1. The molecule has 1 heterocycles. The Morgan fingerprint density at radius 1 is 1.37 bits per heavy atom. The Morgan fingerprint density at radius 2 is 2.16 bits per heavy atom. The highest BCUT2D eigenvalue weighted by Gasteiger charge is 2.08. The predicted octanol–water partition coefficient (Wildman–Crippen LogP) is 3.15. The van der Waals surface area contributed by atoms with E-state index < -0.39 is 0 Å². The van der Waals surface area contributed by atoms with E-state index in [1.54, 1.807) is 0 Å². The fourth-order valence-corrected chi connectivity index (χ4v) is 2.37. The van der Waals surface area contributed by atoms with Crippen LogP contribution in [0.15, 0.2) is 35.9 Å².